The van der Waals surface area contributed by atoms with Crippen LogP contribution in [-0.4, -0.2) is 49.9 Å². The highest BCUT2D eigenvalue weighted by Gasteiger charge is 2.34. The second kappa shape index (κ2) is 7.91. The van der Waals surface area contributed by atoms with Crippen LogP contribution in [-0.2, 0) is 23.8 Å². The van der Waals surface area contributed by atoms with Crippen molar-refractivity contribution in [2.45, 2.75) is 38.7 Å². The van der Waals surface area contributed by atoms with Crippen molar-refractivity contribution in [3.05, 3.63) is 47.3 Å². The lowest BCUT2D eigenvalue weighted by atomic mass is 10.1. The van der Waals surface area contributed by atoms with Crippen LogP contribution in [0.3, 0.4) is 0 Å². The van der Waals surface area contributed by atoms with Gasteiger partial charge in [0.2, 0.25) is 17.7 Å². The molecule has 0 saturated carbocycles. The summed E-state index contributed by atoms with van der Waals surface area (Å²) < 4.78 is 32.1. The number of hydrogen-bond donors (Lipinski definition) is 1. The van der Waals surface area contributed by atoms with Gasteiger partial charge in [0.15, 0.2) is 12.6 Å². The van der Waals surface area contributed by atoms with Gasteiger partial charge in [0.25, 0.3) is 0 Å². The maximum Gasteiger partial charge on any atom is 0.423 e. The normalized spacial score (nSPS) is 18.6. The number of aromatic nitrogens is 5. The van der Waals surface area contributed by atoms with Gasteiger partial charge in [-0.3, -0.25) is 9.36 Å². The van der Waals surface area contributed by atoms with E-state index in [1.54, 1.807) is 6.08 Å². The van der Waals surface area contributed by atoms with Gasteiger partial charge in [0.1, 0.15) is 12.7 Å². The Labute approximate surface area is 163 Å². The summed E-state index contributed by atoms with van der Waals surface area (Å²) in [6.07, 6.45) is 5.03. The first-order valence-electron chi connectivity index (χ1n) is 8.57. The molecule has 1 aliphatic heterocycles. The molecule has 0 amide bonds. The summed E-state index contributed by atoms with van der Waals surface area (Å²) >= 11 is 0. The van der Waals surface area contributed by atoms with Gasteiger partial charge in [-0.05, 0) is 24.9 Å². The van der Waals surface area contributed by atoms with E-state index in [1.165, 1.54) is 39.5 Å². The van der Waals surface area contributed by atoms with Gasteiger partial charge in [-0.1, -0.05) is 11.1 Å². The quantitative estimate of drug-likeness (QED) is 0.393. The molecule has 29 heavy (non-hydrogen) atoms. The van der Waals surface area contributed by atoms with Crippen molar-refractivity contribution in [2.24, 2.45) is 0 Å². The molecule has 12 heteroatoms. The van der Waals surface area contributed by atoms with Crippen molar-refractivity contribution in [1.29, 1.82) is 0 Å². The number of halogens is 1. The van der Waals surface area contributed by atoms with E-state index in [2.05, 4.69) is 15.1 Å². The van der Waals surface area contributed by atoms with Crippen molar-refractivity contribution in [1.82, 2.24) is 19.6 Å². The average molecular weight is 408 g/mol. The van der Waals surface area contributed by atoms with Gasteiger partial charge in [0, 0.05) is 6.92 Å². The number of aromatic amines is 1. The molecule has 3 rings (SSSR count). The fraction of sp³-hybridized carbons (Fsp3) is 0.412. The van der Waals surface area contributed by atoms with E-state index >= 15 is 0 Å². The maximum absolute atomic E-state index is 14.4. The molecule has 0 saturated heterocycles. The number of nitrogens with zero attached hydrogens (tertiary/aromatic N) is 4. The minimum Gasteiger partial charge on any atom is -0.460 e. The van der Waals surface area contributed by atoms with E-state index in [0.29, 0.717) is 0 Å². The van der Waals surface area contributed by atoms with E-state index in [4.69, 9.17) is 14.2 Å². The van der Waals surface area contributed by atoms with Gasteiger partial charge in [-0.25, -0.2) is 14.7 Å². The summed E-state index contributed by atoms with van der Waals surface area (Å²) in [4.78, 5) is 42.8. The fourth-order valence-corrected chi connectivity index (χ4v) is 2.61. The zero-order valence-electron chi connectivity index (χ0n) is 15.9. The predicted molar refractivity (Wildman–Crippen MR) is 92.0 cm³/mol. The number of ether oxygens (including phenoxy) is 3. The Balaban J connectivity index is 1.64. The molecule has 0 radical (unpaired) electrons. The Morgan fingerprint density at radius 1 is 1.41 bits per heavy atom. The SMILES string of the molecule is CC(=O)OC(C)(C)C(=O)OCC1C=CC(n2cc(F)c(-[n+]3cnc[nH]3)nc2=O)O1. The summed E-state index contributed by atoms with van der Waals surface area (Å²) in [5.74, 6) is -2.37. The topological polar surface area (TPSA) is 129 Å². The van der Waals surface area contributed by atoms with E-state index in [9.17, 15) is 18.8 Å². The minimum absolute atomic E-state index is 0.177. The van der Waals surface area contributed by atoms with Crippen LogP contribution < -0.4 is 10.4 Å². The molecule has 3 heterocycles. The second-order valence-electron chi connectivity index (χ2n) is 6.65. The van der Waals surface area contributed by atoms with Gasteiger partial charge < -0.3 is 14.2 Å². The average Bonchev–Trinajstić information content (AvgIpc) is 3.31. The lowest BCUT2D eigenvalue weighted by Crippen LogP contribution is -2.40. The molecule has 2 aromatic rings. The lowest BCUT2D eigenvalue weighted by molar-refractivity contribution is -0.662. The largest absolute Gasteiger partial charge is 0.460 e. The highest BCUT2D eigenvalue weighted by molar-refractivity contribution is 5.82. The summed E-state index contributed by atoms with van der Waals surface area (Å²) in [7, 11) is 0. The summed E-state index contributed by atoms with van der Waals surface area (Å²) in [5.41, 5.74) is -2.19. The van der Waals surface area contributed by atoms with Crippen LogP contribution in [0.15, 0.2) is 35.8 Å². The van der Waals surface area contributed by atoms with Crippen LogP contribution in [0.2, 0.25) is 0 Å². The minimum atomic E-state index is -1.45. The number of H-pyrrole nitrogens is 1. The molecule has 0 aliphatic carbocycles. The second-order valence-corrected chi connectivity index (χ2v) is 6.65. The van der Waals surface area contributed by atoms with E-state index in [1.807, 2.05) is 0 Å². The molecule has 1 aliphatic rings. The number of carbonyl (C=O) groups is 2. The first-order chi connectivity index (χ1) is 13.7. The van der Waals surface area contributed by atoms with E-state index < -0.39 is 41.4 Å². The third-order valence-electron chi connectivity index (χ3n) is 3.92. The Bertz CT molecular complexity index is 1000. The zero-order chi connectivity index (χ0) is 21.2. The molecule has 2 atom stereocenters. The van der Waals surface area contributed by atoms with E-state index in [0.717, 1.165) is 15.4 Å². The fourth-order valence-electron chi connectivity index (χ4n) is 2.61. The number of rotatable bonds is 6. The van der Waals surface area contributed by atoms with Crippen molar-refractivity contribution < 1.29 is 32.9 Å². The van der Waals surface area contributed by atoms with Gasteiger partial charge in [-0.2, -0.15) is 4.39 Å². The molecule has 0 fully saturated rings. The van der Waals surface area contributed by atoms with Crippen molar-refractivity contribution in [3.8, 4) is 5.82 Å². The van der Waals surface area contributed by atoms with E-state index in [-0.39, 0.29) is 12.4 Å². The zero-order valence-corrected chi connectivity index (χ0v) is 15.9. The molecule has 0 spiro atoms. The molecule has 2 aromatic heterocycles. The predicted octanol–water partition coefficient (Wildman–Crippen LogP) is -0.279. The lowest BCUT2D eigenvalue weighted by Gasteiger charge is -2.23. The Morgan fingerprint density at radius 2 is 2.17 bits per heavy atom. The van der Waals surface area contributed by atoms with Crippen LogP contribution in [0.5, 0.6) is 0 Å². The first-order valence-corrected chi connectivity index (χ1v) is 8.57. The Kier molecular flexibility index (Phi) is 5.55. The van der Waals surface area contributed by atoms with Gasteiger partial charge >= 0.3 is 23.4 Å². The monoisotopic (exact) mass is 408 g/mol. The third kappa shape index (κ3) is 4.54. The number of carbonyl (C=O) groups excluding carboxylic acids is 2. The number of nitrogens with one attached hydrogen (secondary N) is 1. The van der Waals surface area contributed by atoms with Crippen molar-refractivity contribution in [3.63, 3.8) is 0 Å². The standard InChI is InChI=1S/C17H18FN5O6/c1-10(24)29-17(2,3)15(25)27-7-11-4-5-13(28-11)22-6-12(18)14(21-16(22)26)23-9-19-8-20-23/h4-6,8-9,11,13H,7H2,1-3H3/p+1. The first kappa shape index (κ1) is 20.3. The molecular formula is C17H19FN5O6+. The van der Waals surface area contributed by atoms with Crippen LogP contribution in [0, 0.1) is 5.82 Å². The van der Waals surface area contributed by atoms with Gasteiger partial charge in [-0.15, -0.1) is 4.68 Å². The summed E-state index contributed by atoms with van der Waals surface area (Å²) in [5, 5.41) is 2.60. The maximum atomic E-state index is 14.4. The van der Waals surface area contributed by atoms with Crippen molar-refractivity contribution >= 4 is 11.9 Å². The highest BCUT2D eigenvalue weighted by atomic mass is 19.1. The number of esters is 2. The molecule has 1 N–H and O–H groups in total. The highest BCUT2D eigenvalue weighted by Crippen LogP contribution is 2.21. The molecular weight excluding hydrogens is 389 g/mol. The van der Waals surface area contributed by atoms with Crippen LogP contribution in [0.4, 0.5) is 4.39 Å². The smallest absolute Gasteiger partial charge is 0.423 e. The number of hydrogen-bond acceptors (Lipinski definition) is 8. The molecule has 2 unspecified atom stereocenters. The molecule has 0 bridgehead atoms. The van der Waals surface area contributed by atoms with Crippen LogP contribution >= 0.6 is 0 Å². The molecule has 11 nitrogen and oxygen atoms in total. The molecule has 154 valence electrons. The third-order valence-corrected chi connectivity index (χ3v) is 3.92. The van der Waals surface area contributed by atoms with Gasteiger partial charge in [0.05, 0.1) is 6.20 Å². The summed E-state index contributed by atoms with van der Waals surface area (Å²) in [6.45, 7) is 3.81. The summed E-state index contributed by atoms with van der Waals surface area (Å²) in [6, 6.07) is 0. The van der Waals surface area contributed by atoms with Crippen molar-refractivity contribution in [2.75, 3.05) is 6.61 Å². The Morgan fingerprint density at radius 3 is 2.83 bits per heavy atom. The van der Waals surface area contributed by atoms with Crippen LogP contribution in [0.25, 0.3) is 5.82 Å². The molecule has 0 aromatic carbocycles. The Hall–Kier alpha value is -3.41. The van der Waals surface area contributed by atoms with Crippen LogP contribution in [0.1, 0.15) is 27.0 Å².